The molecule has 0 aliphatic carbocycles. The normalized spacial score (nSPS) is 10.2. The number of hydrogen-bond acceptors (Lipinski definition) is 5. The number of ether oxygens (including phenoxy) is 1. The second kappa shape index (κ2) is 9.27. The van der Waals surface area contributed by atoms with E-state index in [0.717, 1.165) is 25.8 Å². The van der Waals surface area contributed by atoms with Crippen molar-refractivity contribution in [2.45, 2.75) is 26.2 Å². The molecule has 0 aromatic carbocycles. The zero-order valence-corrected chi connectivity index (χ0v) is 11.6. The number of hydrogen-bond donors (Lipinski definition) is 2. The number of anilines is 1. The summed E-state index contributed by atoms with van der Waals surface area (Å²) in [5, 5.41) is 5.89. The molecule has 1 heterocycles. The number of amides is 1. The van der Waals surface area contributed by atoms with Gasteiger partial charge in [0.2, 0.25) is 5.95 Å². The van der Waals surface area contributed by atoms with E-state index in [1.807, 2.05) is 0 Å². The van der Waals surface area contributed by atoms with Crippen LogP contribution in [0.25, 0.3) is 0 Å². The van der Waals surface area contributed by atoms with Gasteiger partial charge in [-0.3, -0.25) is 4.79 Å². The van der Waals surface area contributed by atoms with Crippen molar-refractivity contribution in [3.63, 3.8) is 0 Å². The zero-order valence-electron chi connectivity index (χ0n) is 11.6. The number of carbonyl (C=O) groups is 1. The summed E-state index contributed by atoms with van der Waals surface area (Å²) < 4.78 is 4.95. The monoisotopic (exact) mass is 266 g/mol. The lowest BCUT2D eigenvalue weighted by Crippen LogP contribution is -2.25. The molecule has 0 saturated carbocycles. The van der Waals surface area contributed by atoms with Gasteiger partial charge >= 0.3 is 0 Å². The van der Waals surface area contributed by atoms with E-state index in [2.05, 4.69) is 27.5 Å². The van der Waals surface area contributed by atoms with Crippen molar-refractivity contribution < 1.29 is 9.53 Å². The maximum Gasteiger partial charge on any atom is 0.270 e. The van der Waals surface area contributed by atoms with Crippen molar-refractivity contribution in [3.05, 3.63) is 18.0 Å². The maximum atomic E-state index is 11.8. The summed E-state index contributed by atoms with van der Waals surface area (Å²) in [4.78, 5) is 20.0. The Morgan fingerprint density at radius 3 is 2.95 bits per heavy atom. The number of methoxy groups -OCH3 is 1. The minimum Gasteiger partial charge on any atom is -0.385 e. The van der Waals surface area contributed by atoms with Crippen LogP contribution in [0.4, 0.5) is 5.95 Å². The van der Waals surface area contributed by atoms with Crippen molar-refractivity contribution in [1.82, 2.24) is 15.3 Å². The Morgan fingerprint density at radius 1 is 1.37 bits per heavy atom. The van der Waals surface area contributed by atoms with E-state index in [-0.39, 0.29) is 5.91 Å². The predicted molar refractivity (Wildman–Crippen MR) is 74.3 cm³/mol. The topological polar surface area (TPSA) is 76.1 Å². The van der Waals surface area contributed by atoms with Crippen molar-refractivity contribution in [2.75, 3.05) is 32.1 Å². The fourth-order valence-corrected chi connectivity index (χ4v) is 1.46. The molecule has 1 aromatic heterocycles. The number of aromatic nitrogens is 2. The van der Waals surface area contributed by atoms with Gasteiger partial charge in [0.1, 0.15) is 5.69 Å². The van der Waals surface area contributed by atoms with Crippen LogP contribution in [0.15, 0.2) is 12.3 Å². The van der Waals surface area contributed by atoms with Crippen LogP contribution in [0.3, 0.4) is 0 Å². The third kappa shape index (κ3) is 6.15. The van der Waals surface area contributed by atoms with Crippen LogP contribution in [-0.2, 0) is 4.74 Å². The second-order valence-electron chi connectivity index (χ2n) is 4.15. The van der Waals surface area contributed by atoms with Gasteiger partial charge in [-0.1, -0.05) is 13.3 Å². The van der Waals surface area contributed by atoms with Gasteiger partial charge in [0.15, 0.2) is 0 Å². The van der Waals surface area contributed by atoms with E-state index in [0.29, 0.717) is 24.8 Å². The Hall–Kier alpha value is -1.69. The molecular weight excluding hydrogens is 244 g/mol. The third-order valence-electron chi connectivity index (χ3n) is 2.51. The molecule has 0 spiro atoms. The van der Waals surface area contributed by atoms with E-state index in [9.17, 15) is 4.79 Å². The molecule has 0 fully saturated rings. The summed E-state index contributed by atoms with van der Waals surface area (Å²) in [6.45, 7) is 4.16. The van der Waals surface area contributed by atoms with E-state index >= 15 is 0 Å². The molecular formula is C13H22N4O2. The molecule has 19 heavy (non-hydrogen) atoms. The lowest BCUT2D eigenvalue weighted by atomic mass is 10.3. The molecule has 6 heteroatoms. The van der Waals surface area contributed by atoms with Gasteiger partial charge in [0, 0.05) is 33.0 Å². The molecule has 0 unspecified atom stereocenters. The Morgan fingerprint density at radius 2 is 2.21 bits per heavy atom. The highest BCUT2D eigenvalue weighted by Gasteiger charge is 2.07. The Balaban J connectivity index is 2.44. The standard InChI is InChI=1S/C13H22N4O2/c1-3-4-7-14-12(18)11-6-9-16-13(17-11)15-8-5-10-19-2/h6,9H,3-5,7-8,10H2,1-2H3,(H,14,18)(H,15,16,17). The van der Waals surface area contributed by atoms with Crippen LogP contribution in [0.2, 0.25) is 0 Å². The van der Waals surface area contributed by atoms with Crippen LogP contribution in [-0.4, -0.2) is 42.7 Å². The first-order chi connectivity index (χ1) is 9.27. The molecule has 0 aliphatic rings. The number of nitrogens with one attached hydrogen (secondary N) is 2. The highest BCUT2D eigenvalue weighted by molar-refractivity contribution is 5.92. The van der Waals surface area contributed by atoms with Crippen LogP contribution in [0, 0.1) is 0 Å². The average molecular weight is 266 g/mol. The number of rotatable bonds is 9. The fourth-order valence-electron chi connectivity index (χ4n) is 1.46. The summed E-state index contributed by atoms with van der Waals surface area (Å²) >= 11 is 0. The average Bonchev–Trinajstić information content (AvgIpc) is 2.44. The molecule has 6 nitrogen and oxygen atoms in total. The SMILES string of the molecule is CCCCNC(=O)c1ccnc(NCCCOC)n1. The van der Waals surface area contributed by atoms with E-state index < -0.39 is 0 Å². The molecule has 0 bridgehead atoms. The fraction of sp³-hybridized carbons (Fsp3) is 0.615. The molecule has 0 radical (unpaired) electrons. The van der Waals surface area contributed by atoms with Gasteiger partial charge < -0.3 is 15.4 Å². The van der Waals surface area contributed by atoms with Gasteiger partial charge in [-0.05, 0) is 18.9 Å². The van der Waals surface area contributed by atoms with Gasteiger partial charge in [-0.15, -0.1) is 0 Å². The summed E-state index contributed by atoms with van der Waals surface area (Å²) in [7, 11) is 1.66. The van der Waals surface area contributed by atoms with E-state index in [1.165, 1.54) is 0 Å². The van der Waals surface area contributed by atoms with Gasteiger partial charge in [0.25, 0.3) is 5.91 Å². The van der Waals surface area contributed by atoms with E-state index in [4.69, 9.17) is 4.74 Å². The number of carbonyl (C=O) groups excluding carboxylic acids is 1. The van der Waals surface area contributed by atoms with Crippen molar-refractivity contribution in [1.29, 1.82) is 0 Å². The van der Waals surface area contributed by atoms with Crippen LogP contribution in [0.5, 0.6) is 0 Å². The predicted octanol–water partition coefficient (Wildman–Crippen LogP) is 1.45. The highest BCUT2D eigenvalue weighted by Crippen LogP contribution is 2.01. The smallest absolute Gasteiger partial charge is 0.270 e. The molecule has 0 saturated heterocycles. The lowest BCUT2D eigenvalue weighted by Gasteiger charge is -2.06. The van der Waals surface area contributed by atoms with Crippen molar-refractivity contribution in [3.8, 4) is 0 Å². The molecule has 1 amide bonds. The Bertz CT molecular complexity index is 385. The Labute approximate surface area is 114 Å². The largest absolute Gasteiger partial charge is 0.385 e. The molecule has 2 N–H and O–H groups in total. The van der Waals surface area contributed by atoms with Gasteiger partial charge in [-0.25, -0.2) is 9.97 Å². The summed E-state index contributed by atoms with van der Waals surface area (Å²) in [6, 6.07) is 1.61. The van der Waals surface area contributed by atoms with Crippen molar-refractivity contribution in [2.24, 2.45) is 0 Å². The summed E-state index contributed by atoms with van der Waals surface area (Å²) in [5.74, 6) is 0.315. The lowest BCUT2D eigenvalue weighted by molar-refractivity contribution is 0.0948. The molecule has 1 rings (SSSR count). The number of unbranched alkanes of at least 4 members (excludes halogenated alkanes) is 1. The number of nitrogens with zero attached hydrogens (tertiary/aromatic N) is 2. The van der Waals surface area contributed by atoms with Gasteiger partial charge in [-0.2, -0.15) is 0 Å². The minimum atomic E-state index is -0.157. The molecule has 106 valence electrons. The highest BCUT2D eigenvalue weighted by atomic mass is 16.5. The van der Waals surface area contributed by atoms with E-state index in [1.54, 1.807) is 19.4 Å². The van der Waals surface area contributed by atoms with Crippen LogP contribution < -0.4 is 10.6 Å². The molecule has 1 aromatic rings. The summed E-state index contributed by atoms with van der Waals surface area (Å²) in [5.41, 5.74) is 0.389. The Kier molecular flexibility index (Phi) is 7.50. The van der Waals surface area contributed by atoms with Crippen molar-refractivity contribution >= 4 is 11.9 Å². The summed E-state index contributed by atoms with van der Waals surface area (Å²) in [6.07, 6.45) is 4.47. The third-order valence-corrected chi connectivity index (χ3v) is 2.51. The van der Waals surface area contributed by atoms with Crippen LogP contribution >= 0.6 is 0 Å². The second-order valence-corrected chi connectivity index (χ2v) is 4.15. The zero-order chi connectivity index (χ0) is 13.9. The molecule has 0 aliphatic heterocycles. The minimum absolute atomic E-state index is 0.157. The first-order valence-corrected chi connectivity index (χ1v) is 6.62. The molecule has 0 atom stereocenters. The maximum absolute atomic E-state index is 11.8. The van der Waals surface area contributed by atoms with Crippen LogP contribution in [0.1, 0.15) is 36.7 Å². The van der Waals surface area contributed by atoms with Gasteiger partial charge in [0.05, 0.1) is 0 Å². The first-order valence-electron chi connectivity index (χ1n) is 6.62. The quantitative estimate of drug-likeness (QED) is 0.662. The first kappa shape index (κ1) is 15.4.